The number of rotatable bonds is 0. The average molecular weight is 221 g/mol. The van der Waals surface area contributed by atoms with Crippen molar-refractivity contribution in [2.75, 3.05) is 25.2 Å². The normalized spacial score (nSPS) is 14.1. The lowest BCUT2D eigenvalue weighted by atomic mass is 10.1. The van der Waals surface area contributed by atoms with Gasteiger partial charge >= 0.3 is 6.09 Å². The highest BCUT2D eigenvalue weighted by molar-refractivity contribution is 5.91. The van der Waals surface area contributed by atoms with Crippen molar-refractivity contribution in [1.29, 1.82) is 0 Å². The lowest BCUT2D eigenvalue weighted by Crippen LogP contribution is -2.38. The Labute approximate surface area is 94.8 Å². The van der Waals surface area contributed by atoms with Gasteiger partial charge in [0.1, 0.15) is 12.4 Å². The number of anilines is 1. The van der Waals surface area contributed by atoms with Gasteiger partial charge in [-0.05, 0) is 31.0 Å². The molecule has 1 aliphatic heterocycles. The second kappa shape index (κ2) is 4.04. The second-order valence-corrected chi connectivity index (χ2v) is 3.90. The number of ether oxygens (including phenoxy) is 2. The maximum atomic E-state index is 11.6. The fourth-order valence-electron chi connectivity index (χ4n) is 2.03. The zero-order chi connectivity index (χ0) is 11.7. The summed E-state index contributed by atoms with van der Waals surface area (Å²) in [6.45, 7) is 5.01. The van der Waals surface area contributed by atoms with E-state index < -0.39 is 0 Å². The predicted molar refractivity (Wildman–Crippen MR) is 61.2 cm³/mol. The second-order valence-electron chi connectivity index (χ2n) is 3.90. The number of carbonyl (C=O) groups excluding carboxylic acids is 1. The number of methoxy groups -OCH3 is 1. The summed E-state index contributed by atoms with van der Waals surface area (Å²) in [5.74, 6) is 0.758. The van der Waals surface area contributed by atoms with Crippen LogP contribution in [0.4, 0.5) is 10.5 Å². The van der Waals surface area contributed by atoms with E-state index in [0.717, 1.165) is 22.6 Å². The molecular formula is C12H15NO3. The first kappa shape index (κ1) is 10.8. The van der Waals surface area contributed by atoms with Crippen LogP contribution in [-0.2, 0) is 4.74 Å². The van der Waals surface area contributed by atoms with E-state index in [1.807, 2.05) is 26.0 Å². The summed E-state index contributed by atoms with van der Waals surface area (Å²) in [6.07, 6.45) is -0.337. The van der Waals surface area contributed by atoms with Crippen LogP contribution in [0.3, 0.4) is 0 Å². The fourth-order valence-corrected chi connectivity index (χ4v) is 2.03. The largest absolute Gasteiger partial charge is 0.490 e. The Hall–Kier alpha value is -1.71. The molecule has 1 amide bonds. The van der Waals surface area contributed by atoms with E-state index in [2.05, 4.69) is 0 Å². The zero-order valence-electron chi connectivity index (χ0n) is 9.74. The van der Waals surface area contributed by atoms with Crippen LogP contribution in [-0.4, -0.2) is 26.4 Å². The van der Waals surface area contributed by atoms with Crippen molar-refractivity contribution in [3.05, 3.63) is 23.3 Å². The molecule has 1 aromatic carbocycles. The van der Waals surface area contributed by atoms with Crippen LogP contribution in [0.2, 0.25) is 0 Å². The first-order valence-corrected chi connectivity index (χ1v) is 5.23. The van der Waals surface area contributed by atoms with Gasteiger partial charge in [0.25, 0.3) is 0 Å². The molecule has 0 atom stereocenters. The lowest BCUT2D eigenvalue weighted by Gasteiger charge is -2.30. The molecule has 0 N–H and O–H groups in total. The monoisotopic (exact) mass is 221 g/mol. The van der Waals surface area contributed by atoms with Crippen LogP contribution in [0.15, 0.2) is 12.1 Å². The van der Waals surface area contributed by atoms with Crippen molar-refractivity contribution in [2.45, 2.75) is 13.8 Å². The molecule has 0 saturated heterocycles. The summed E-state index contributed by atoms with van der Waals surface area (Å²) in [5.41, 5.74) is 2.98. The number of aryl methyl sites for hydroxylation is 2. The third-order valence-corrected chi connectivity index (χ3v) is 2.65. The molecule has 2 rings (SSSR count). The number of amides is 1. The highest BCUT2D eigenvalue weighted by Gasteiger charge is 2.26. The molecule has 0 aliphatic carbocycles. The molecule has 0 radical (unpaired) electrons. The minimum Gasteiger partial charge on any atom is -0.490 e. The minimum atomic E-state index is -0.337. The molecule has 0 bridgehead atoms. The van der Waals surface area contributed by atoms with Crippen molar-refractivity contribution in [3.8, 4) is 5.75 Å². The molecule has 86 valence electrons. The molecule has 4 nitrogen and oxygen atoms in total. The summed E-state index contributed by atoms with van der Waals surface area (Å²) in [5, 5.41) is 0. The number of carbonyl (C=O) groups is 1. The molecular weight excluding hydrogens is 206 g/mol. The van der Waals surface area contributed by atoms with E-state index in [1.165, 1.54) is 7.11 Å². The number of nitrogens with zero attached hydrogens (tertiary/aromatic N) is 1. The van der Waals surface area contributed by atoms with Crippen LogP contribution in [0.25, 0.3) is 0 Å². The summed E-state index contributed by atoms with van der Waals surface area (Å²) in [7, 11) is 1.39. The maximum absolute atomic E-state index is 11.6. The Kier molecular flexibility index (Phi) is 2.73. The van der Waals surface area contributed by atoms with Gasteiger partial charge in [-0.3, -0.25) is 4.90 Å². The standard InChI is InChI=1S/C12H15NO3/c1-8-6-9(2)11-10(7-8)16-5-4-13(11)12(14)15-3/h6-7H,4-5H2,1-3H3. The van der Waals surface area contributed by atoms with Gasteiger partial charge in [0, 0.05) is 0 Å². The Morgan fingerprint density at radius 2 is 2.19 bits per heavy atom. The summed E-state index contributed by atoms with van der Waals surface area (Å²) in [4.78, 5) is 13.2. The van der Waals surface area contributed by atoms with Crippen molar-refractivity contribution in [1.82, 2.24) is 0 Å². The van der Waals surface area contributed by atoms with Gasteiger partial charge in [0.2, 0.25) is 0 Å². The fraction of sp³-hybridized carbons (Fsp3) is 0.417. The van der Waals surface area contributed by atoms with E-state index in [-0.39, 0.29) is 6.09 Å². The predicted octanol–water partition coefficient (Wildman–Crippen LogP) is 2.27. The Morgan fingerprint density at radius 3 is 2.88 bits per heavy atom. The quantitative estimate of drug-likeness (QED) is 0.674. The first-order chi connectivity index (χ1) is 7.63. The topological polar surface area (TPSA) is 38.8 Å². The molecule has 0 aromatic heterocycles. The van der Waals surface area contributed by atoms with E-state index in [1.54, 1.807) is 4.90 Å². The summed E-state index contributed by atoms with van der Waals surface area (Å²) < 4.78 is 10.3. The van der Waals surface area contributed by atoms with Crippen LogP contribution in [0.5, 0.6) is 5.75 Å². The summed E-state index contributed by atoms with van der Waals surface area (Å²) >= 11 is 0. The molecule has 1 aromatic rings. The maximum Gasteiger partial charge on any atom is 0.414 e. The zero-order valence-corrected chi connectivity index (χ0v) is 9.74. The van der Waals surface area contributed by atoms with Gasteiger partial charge in [-0.2, -0.15) is 0 Å². The molecule has 4 heteroatoms. The number of hydrogen-bond donors (Lipinski definition) is 0. The molecule has 16 heavy (non-hydrogen) atoms. The van der Waals surface area contributed by atoms with E-state index in [4.69, 9.17) is 9.47 Å². The highest BCUT2D eigenvalue weighted by Crippen LogP contribution is 2.36. The van der Waals surface area contributed by atoms with Crippen molar-refractivity contribution >= 4 is 11.8 Å². The highest BCUT2D eigenvalue weighted by atomic mass is 16.5. The molecule has 0 spiro atoms. The molecule has 0 fully saturated rings. The van der Waals surface area contributed by atoms with Crippen molar-refractivity contribution in [3.63, 3.8) is 0 Å². The average Bonchev–Trinajstić information content (AvgIpc) is 2.26. The molecule has 0 saturated carbocycles. The summed E-state index contributed by atoms with van der Waals surface area (Å²) in [6, 6.07) is 3.97. The third kappa shape index (κ3) is 1.71. The van der Waals surface area contributed by atoms with Crippen molar-refractivity contribution < 1.29 is 14.3 Å². The van der Waals surface area contributed by atoms with Gasteiger partial charge in [-0.15, -0.1) is 0 Å². The van der Waals surface area contributed by atoms with E-state index >= 15 is 0 Å². The van der Waals surface area contributed by atoms with Gasteiger partial charge in [0.05, 0.1) is 19.3 Å². The number of benzene rings is 1. The van der Waals surface area contributed by atoms with Crippen LogP contribution in [0.1, 0.15) is 11.1 Å². The van der Waals surface area contributed by atoms with Gasteiger partial charge in [0.15, 0.2) is 0 Å². The number of hydrogen-bond acceptors (Lipinski definition) is 3. The van der Waals surface area contributed by atoms with Crippen LogP contribution < -0.4 is 9.64 Å². The molecule has 0 unspecified atom stereocenters. The van der Waals surface area contributed by atoms with Crippen molar-refractivity contribution in [2.24, 2.45) is 0 Å². The molecule has 1 heterocycles. The first-order valence-electron chi connectivity index (χ1n) is 5.23. The van der Waals surface area contributed by atoms with Crippen LogP contribution in [0, 0.1) is 13.8 Å². The smallest absolute Gasteiger partial charge is 0.414 e. The minimum absolute atomic E-state index is 0.337. The number of fused-ring (bicyclic) bond motifs is 1. The van der Waals surface area contributed by atoms with Gasteiger partial charge in [-0.1, -0.05) is 6.07 Å². The Morgan fingerprint density at radius 1 is 1.44 bits per heavy atom. The Balaban J connectivity index is 2.49. The SMILES string of the molecule is COC(=O)N1CCOc2cc(C)cc(C)c21. The van der Waals surface area contributed by atoms with Gasteiger partial charge < -0.3 is 9.47 Å². The van der Waals surface area contributed by atoms with Crippen LogP contribution >= 0.6 is 0 Å². The molecule has 1 aliphatic rings. The van der Waals surface area contributed by atoms with E-state index in [9.17, 15) is 4.79 Å². The lowest BCUT2D eigenvalue weighted by molar-refractivity contribution is 0.174. The van der Waals surface area contributed by atoms with Gasteiger partial charge in [-0.25, -0.2) is 4.79 Å². The third-order valence-electron chi connectivity index (χ3n) is 2.65. The van der Waals surface area contributed by atoms with E-state index in [0.29, 0.717) is 13.2 Å². The Bertz CT molecular complexity index is 429.